The number of methoxy groups -OCH3 is 1. The number of fused-ring (bicyclic) bond motifs is 1. The van der Waals surface area contributed by atoms with Gasteiger partial charge in [0, 0.05) is 19.0 Å². The lowest BCUT2D eigenvalue weighted by Gasteiger charge is -2.37. The Hall–Kier alpha value is -2.83. The number of H-pyrrole nitrogens is 1. The number of carbonyl (C=O) groups is 2. The van der Waals surface area contributed by atoms with Gasteiger partial charge in [0.1, 0.15) is 11.6 Å². The number of hydrogen-bond donors (Lipinski definition) is 3. The van der Waals surface area contributed by atoms with E-state index in [2.05, 4.69) is 37.1 Å². The van der Waals surface area contributed by atoms with Gasteiger partial charge in [-0.15, -0.1) is 0 Å². The molecule has 1 saturated carbocycles. The Morgan fingerprint density at radius 2 is 1.97 bits per heavy atom. The summed E-state index contributed by atoms with van der Waals surface area (Å²) < 4.78 is 5.33. The fourth-order valence-corrected chi connectivity index (χ4v) is 6.10. The van der Waals surface area contributed by atoms with Crippen molar-refractivity contribution in [2.75, 3.05) is 13.7 Å². The van der Waals surface area contributed by atoms with Gasteiger partial charge in [-0.2, -0.15) is 0 Å². The molecule has 4 rings (SSSR count). The van der Waals surface area contributed by atoms with Crippen LogP contribution in [0.2, 0.25) is 0 Å². The third kappa shape index (κ3) is 5.71. The van der Waals surface area contributed by atoms with Crippen LogP contribution in [0.25, 0.3) is 11.0 Å². The second-order valence-corrected chi connectivity index (χ2v) is 10.8. The van der Waals surface area contributed by atoms with Crippen LogP contribution in [0, 0.1) is 35.5 Å². The van der Waals surface area contributed by atoms with Crippen LogP contribution >= 0.6 is 0 Å². The zero-order valence-electron chi connectivity index (χ0n) is 21.3. The Labute approximate surface area is 207 Å². The molecule has 190 valence electrons. The molecular weight excluding hydrogens is 442 g/mol. The highest BCUT2D eigenvalue weighted by molar-refractivity contribution is 5.84. The second kappa shape index (κ2) is 10.8. The van der Waals surface area contributed by atoms with E-state index >= 15 is 0 Å². The smallest absolute Gasteiger partial charge is 0.307 e. The van der Waals surface area contributed by atoms with Crippen molar-refractivity contribution in [2.45, 2.75) is 59.3 Å². The van der Waals surface area contributed by atoms with E-state index in [1.807, 2.05) is 18.2 Å². The van der Waals surface area contributed by atoms with Crippen molar-refractivity contribution >= 4 is 22.9 Å². The second-order valence-electron chi connectivity index (χ2n) is 10.8. The van der Waals surface area contributed by atoms with E-state index in [0.717, 1.165) is 48.3 Å². The summed E-state index contributed by atoms with van der Waals surface area (Å²) in [7, 11) is 1.67. The van der Waals surface area contributed by atoms with Crippen molar-refractivity contribution in [3.8, 4) is 5.75 Å². The van der Waals surface area contributed by atoms with Crippen molar-refractivity contribution < 1.29 is 19.4 Å². The molecule has 0 unspecified atom stereocenters. The monoisotopic (exact) mass is 481 g/mol. The first-order valence-electron chi connectivity index (χ1n) is 13.0. The van der Waals surface area contributed by atoms with Gasteiger partial charge >= 0.3 is 5.97 Å². The van der Waals surface area contributed by atoms with Crippen LogP contribution in [0.1, 0.15) is 58.7 Å². The lowest BCUT2D eigenvalue weighted by atomic mass is 9.69. The molecule has 35 heavy (non-hydrogen) atoms. The molecule has 2 aliphatic rings. The van der Waals surface area contributed by atoms with Crippen LogP contribution in [0.4, 0.5) is 0 Å². The SMILES string of the molecule is COc1ccc2nc(C[C@@H]3C[C@@H](C(C)C)[C@H](CNC(=O)[C@@H]4CCCC[C@@H]4C(=O)O)C=C3C)[nH]c2c1. The predicted octanol–water partition coefficient (Wildman–Crippen LogP) is 4.98. The van der Waals surface area contributed by atoms with Gasteiger partial charge in [0.15, 0.2) is 0 Å². The lowest BCUT2D eigenvalue weighted by Crippen LogP contribution is -2.43. The fourth-order valence-electron chi connectivity index (χ4n) is 6.10. The van der Waals surface area contributed by atoms with E-state index in [1.54, 1.807) is 7.11 Å². The number of rotatable bonds is 8. The molecule has 1 fully saturated rings. The number of ether oxygens (including phenoxy) is 1. The third-order valence-corrected chi connectivity index (χ3v) is 8.19. The molecule has 0 radical (unpaired) electrons. The van der Waals surface area contributed by atoms with Gasteiger partial charge in [-0.1, -0.05) is 38.3 Å². The fraction of sp³-hybridized carbons (Fsp3) is 0.607. The third-order valence-electron chi connectivity index (χ3n) is 8.19. The molecule has 7 nitrogen and oxygen atoms in total. The number of carboxylic acids is 1. The van der Waals surface area contributed by atoms with Gasteiger partial charge in [0.25, 0.3) is 0 Å². The number of carbonyl (C=O) groups excluding carboxylic acids is 1. The number of imidazole rings is 1. The van der Waals surface area contributed by atoms with E-state index in [-0.39, 0.29) is 11.8 Å². The molecule has 1 aromatic carbocycles. The highest BCUT2D eigenvalue weighted by atomic mass is 16.5. The molecule has 2 aromatic rings. The van der Waals surface area contributed by atoms with E-state index in [0.29, 0.717) is 37.1 Å². The van der Waals surface area contributed by atoms with Gasteiger partial charge in [-0.05, 0) is 62.0 Å². The summed E-state index contributed by atoms with van der Waals surface area (Å²) in [5, 5.41) is 12.7. The van der Waals surface area contributed by atoms with Crippen LogP contribution in [0.5, 0.6) is 5.75 Å². The minimum atomic E-state index is -0.842. The molecular formula is C28H39N3O4. The number of nitrogens with one attached hydrogen (secondary N) is 2. The van der Waals surface area contributed by atoms with Gasteiger partial charge in [-0.3, -0.25) is 9.59 Å². The molecule has 1 aromatic heterocycles. The number of hydrogen-bond acceptors (Lipinski definition) is 4. The molecule has 1 amide bonds. The van der Waals surface area contributed by atoms with Gasteiger partial charge in [-0.25, -0.2) is 4.98 Å². The summed E-state index contributed by atoms with van der Waals surface area (Å²) in [4.78, 5) is 32.8. The highest BCUT2D eigenvalue weighted by Gasteiger charge is 2.37. The van der Waals surface area contributed by atoms with Gasteiger partial charge in [0.2, 0.25) is 5.91 Å². The standard InChI is InChI=1S/C28H39N3O4/c1-16(2)23-12-18(13-26-30-24-10-9-20(35-4)14-25(24)31-26)17(3)11-19(23)15-29-27(32)21-7-5-6-8-22(21)28(33)34/h9-11,14,16,18-19,21-23H,5-8,12-13,15H2,1-4H3,(H,29,32)(H,30,31)(H,33,34)/t18-,19-,21+,22-,23-/m0/s1. The largest absolute Gasteiger partial charge is 0.497 e. The zero-order chi connectivity index (χ0) is 25.1. The lowest BCUT2D eigenvalue weighted by molar-refractivity contribution is -0.149. The summed E-state index contributed by atoms with van der Waals surface area (Å²) in [5.41, 5.74) is 3.27. The van der Waals surface area contributed by atoms with Crippen molar-refractivity contribution in [1.82, 2.24) is 15.3 Å². The Morgan fingerprint density at radius 3 is 2.66 bits per heavy atom. The number of amides is 1. The number of aromatic nitrogens is 2. The molecule has 0 saturated heterocycles. The molecule has 2 aliphatic carbocycles. The van der Waals surface area contributed by atoms with Crippen molar-refractivity contribution in [1.29, 1.82) is 0 Å². The van der Waals surface area contributed by atoms with Crippen LogP contribution < -0.4 is 10.1 Å². The minimum Gasteiger partial charge on any atom is -0.497 e. The highest BCUT2D eigenvalue weighted by Crippen LogP contribution is 2.39. The summed E-state index contributed by atoms with van der Waals surface area (Å²) in [6.07, 6.45) is 7.31. The van der Waals surface area contributed by atoms with Crippen LogP contribution in [-0.4, -0.2) is 40.6 Å². The van der Waals surface area contributed by atoms with E-state index in [4.69, 9.17) is 9.72 Å². The number of aliphatic carboxylic acids is 1. The maximum Gasteiger partial charge on any atom is 0.307 e. The van der Waals surface area contributed by atoms with E-state index in [9.17, 15) is 14.7 Å². The first kappa shape index (κ1) is 25.3. The maximum atomic E-state index is 12.9. The Balaban J connectivity index is 1.43. The topological polar surface area (TPSA) is 104 Å². The molecule has 0 spiro atoms. The molecule has 3 N–H and O–H groups in total. The number of carboxylic acid groups (broad SMARTS) is 1. The van der Waals surface area contributed by atoms with Crippen LogP contribution in [0.15, 0.2) is 29.8 Å². The van der Waals surface area contributed by atoms with Gasteiger partial charge < -0.3 is 20.1 Å². The Bertz CT molecular complexity index is 1090. The van der Waals surface area contributed by atoms with E-state index < -0.39 is 17.8 Å². The summed E-state index contributed by atoms with van der Waals surface area (Å²) in [5.74, 6) is 1.46. The first-order valence-corrected chi connectivity index (χ1v) is 13.0. The Morgan fingerprint density at radius 1 is 1.23 bits per heavy atom. The van der Waals surface area contributed by atoms with E-state index in [1.165, 1.54) is 5.57 Å². The van der Waals surface area contributed by atoms with Gasteiger partial charge in [0.05, 0.1) is 30.0 Å². The molecule has 0 aliphatic heterocycles. The normalized spacial score (nSPS) is 27.0. The number of benzene rings is 1. The number of allylic oxidation sites excluding steroid dienone is 1. The van der Waals surface area contributed by atoms with Crippen LogP contribution in [0.3, 0.4) is 0 Å². The van der Waals surface area contributed by atoms with Crippen molar-refractivity contribution in [2.24, 2.45) is 35.5 Å². The first-order chi connectivity index (χ1) is 16.8. The number of aromatic amines is 1. The molecule has 7 heteroatoms. The maximum absolute atomic E-state index is 12.9. The molecule has 5 atom stereocenters. The summed E-state index contributed by atoms with van der Waals surface area (Å²) in [6.45, 7) is 7.25. The quantitative estimate of drug-likeness (QED) is 0.462. The average molecular weight is 482 g/mol. The number of nitrogens with zero attached hydrogens (tertiary/aromatic N) is 1. The van der Waals surface area contributed by atoms with Crippen molar-refractivity contribution in [3.63, 3.8) is 0 Å². The average Bonchev–Trinajstić information content (AvgIpc) is 3.25. The summed E-state index contributed by atoms with van der Waals surface area (Å²) >= 11 is 0. The minimum absolute atomic E-state index is 0.0921. The molecule has 1 heterocycles. The molecule has 0 bridgehead atoms. The predicted molar refractivity (Wildman–Crippen MR) is 136 cm³/mol. The Kier molecular flexibility index (Phi) is 7.82. The summed E-state index contributed by atoms with van der Waals surface area (Å²) in [6, 6.07) is 5.89. The van der Waals surface area contributed by atoms with Crippen LogP contribution in [-0.2, 0) is 16.0 Å². The van der Waals surface area contributed by atoms with Crippen molar-refractivity contribution in [3.05, 3.63) is 35.7 Å². The zero-order valence-corrected chi connectivity index (χ0v) is 21.3.